The van der Waals surface area contributed by atoms with Crippen molar-refractivity contribution in [3.63, 3.8) is 0 Å². The average molecular weight is 538 g/mol. The van der Waals surface area contributed by atoms with E-state index < -0.39 is 18.0 Å². The molecule has 0 N–H and O–H groups in total. The number of anilines is 1. The number of halogens is 1. The van der Waals surface area contributed by atoms with Gasteiger partial charge in [0.15, 0.2) is 17.3 Å². The number of aromatic nitrogens is 4. The van der Waals surface area contributed by atoms with Gasteiger partial charge in [-0.2, -0.15) is 5.10 Å². The van der Waals surface area contributed by atoms with E-state index in [-0.39, 0.29) is 24.2 Å². The normalized spacial score (nSPS) is 20.6. The molecule has 3 aliphatic rings. The molecule has 3 aromatic rings. The molecule has 0 bridgehead atoms. The summed E-state index contributed by atoms with van der Waals surface area (Å²) in [6.07, 6.45) is 9.69. The molecule has 3 aromatic heterocycles. The van der Waals surface area contributed by atoms with Gasteiger partial charge in [0.1, 0.15) is 12.2 Å². The summed E-state index contributed by atoms with van der Waals surface area (Å²) in [4.78, 5) is 38.5. The number of hydrogen-bond donors (Lipinski definition) is 0. The number of piperazine rings is 1. The molecule has 12 heteroatoms. The van der Waals surface area contributed by atoms with Gasteiger partial charge in [-0.25, -0.2) is 23.7 Å². The molecule has 39 heavy (non-hydrogen) atoms. The number of carbonyl (C=O) groups excluding carboxylic acids is 2. The van der Waals surface area contributed by atoms with Crippen LogP contribution in [-0.4, -0.2) is 93.4 Å². The fourth-order valence-electron chi connectivity index (χ4n) is 5.54. The van der Waals surface area contributed by atoms with Gasteiger partial charge in [-0.1, -0.05) is 6.42 Å². The van der Waals surface area contributed by atoms with E-state index in [9.17, 15) is 9.59 Å². The summed E-state index contributed by atoms with van der Waals surface area (Å²) in [5.41, 5.74) is 1.99. The van der Waals surface area contributed by atoms with E-state index in [4.69, 9.17) is 9.47 Å². The Balaban J connectivity index is 1.18. The Morgan fingerprint density at radius 3 is 2.62 bits per heavy atom. The zero-order valence-electron chi connectivity index (χ0n) is 22.0. The minimum absolute atomic E-state index is 0.0345. The number of fused-ring (bicyclic) bond motifs is 1. The maximum atomic E-state index is 15.2. The van der Waals surface area contributed by atoms with Crippen LogP contribution in [0.4, 0.5) is 15.0 Å². The quantitative estimate of drug-likeness (QED) is 0.489. The van der Waals surface area contributed by atoms with Crippen molar-refractivity contribution in [2.45, 2.75) is 50.7 Å². The zero-order valence-corrected chi connectivity index (χ0v) is 22.0. The molecule has 1 saturated carbocycles. The molecule has 1 atom stereocenters. The van der Waals surface area contributed by atoms with Crippen molar-refractivity contribution in [3.8, 4) is 17.0 Å². The first kappa shape index (κ1) is 25.3. The second kappa shape index (κ2) is 10.7. The maximum absolute atomic E-state index is 15.2. The van der Waals surface area contributed by atoms with Crippen LogP contribution in [0.25, 0.3) is 16.8 Å². The number of ether oxygens (including phenoxy) is 2. The molecule has 0 radical (unpaired) electrons. The third-order valence-electron chi connectivity index (χ3n) is 7.73. The number of carbonyl (C=O) groups is 2. The van der Waals surface area contributed by atoms with Crippen LogP contribution in [0.1, 0.15) is 38.5 Å². The SMILES string of the molecule is CN1C[C@@H](OC(=O)N2CCN(c3nc4c(-c5cccnc5OC5CCCCC5)cnn4cc3F)CC2)CC1=O. The number of amides is 2. The number of pyridine rings is 1. The van der Waals surface area contributed by atoms with Crippen molar-refractivity contribution in [3.05, 3.63) is 36.5 Å². The van der Waals surface area contributed by atoms with Crippen LogP contribution in [0.15, 0.2) is 30.7 Å². The summed E-state index contributed by atoms with van der Waals surface area (Å²) in [5.74, 6) is 0.214. The van der Waals surface area contributed by atoms with Crippen LogP contribution >= 0.6 is 0 Å². The fraction of sp³-hybridized carbons (Fsp3) is 0.519. The van der Waals surface area contributed by atoms with Crippen molar-refractivity contribution < 1.29 is 23.5 Å². The molecular formula is C27H32FN7O4. The van der Waals surface area contributed by atoms with Crippen LogP contribution in [0.5, 0.6) is 5.88 Å². The minimum atomic E-state index is -0.495. The molecule has 0 spiro atoms. The van der Waals surface area contributed by atoms with E-state index >= 15 is 4.39 Å². The molecular weight excluding hydrogens is 505 g/mol. The number of nitrogens with zero attached hydrogens (tertiary/aromatic N) is 7. The third kappa shape index (κ3) is 5.19. The Bertz CT molecular complexity index is 1370. The molecule has 5 heterocycles. The molecule has 0 aromatic carbocycles. The highest BCUT2D eigenvalue weighted by molar-refractivity contribution is 5.81. The minimum Gasteiger partial charge on any atom is -0.474 e. The predicted molar refractivity (Wildman–Crippen MR) is 140 cm³/mol. The molecule has 2 aliphatic heterocycles. The van der Waals surface area contributed by atoms with Crippen molar-refractivity contribution in [1.82, 2.24) is 29.4 Å². The molecule has 206 valence electrons. The number of likely N-dealkylation sites (tertiary alicyclic amines) is 1. The highest BCUT2D eigenvalue weighted by atomic mass is 19.1. The second-order valence-corrected chi connectivity index (χ2v) is 10.4. The van der Waals surface area contributed by atoms with Crippen LogP contribution < -0.4 is 9.64 Å². The molecule has 1 aliphatic carbocycles. The lowest BCUT2D eigenvalue weighted by molar-refractivity contribution is -0.126. The van der Waals surface area contributed by atoms with Gasteiger partial charge in [-0.15, -0.1) is 0 Å². The van der Waals surface area contributed by atoms with E-state index in [1.54, 1.807) is 29.2 Å². The number of hydrogen-bond acceptors (Lipinski definition) is 8. The van der Waals surface area contributed by atoms with Crippen LogP contribution in [0.2, 0.25) is 0 Å². The fourth-order valence-corrected chi connectivity index (χ4v) is 5.54. The first-order valence-electron chi connectivity index (χ1n) is 13.6. The van der Waals surface area contributed by atoms with Gasteiger partial charge < -0.3 is 24.2 Å². The van der Waals surface area contributed by atoms with E-state index in [0.717, 1.165) is 31.2 Å². The average Bonchev–Trinajstić information content (AvgIpc) is 3.50. The molecule has 6 rings (SSSR count). The Morgan fingerprint density at radius 2 is 1.87 bits per heavy atom. The first-order chi connectivity index (χ1) is 19.0. The van der Waals surface area contributed by atoms with Crippen molar-refractivity contribution in [2.75, 3.05) is 44.7 Å². The largest absolute Gasteiger partial charge is 0.474 e. The topological polar surface area (TPSA) is 105 Å². The summed E-state index contributed by atoms with van der Waals surface area (Å²) < 4.78 is 28.4. The molecule has 11 nitrogen and oxygen atoms in total. The maximum Gasteiger partial charge on any atom is 0.410 e. The Morgan fingerprint density at radius 1 is 1.08 bits per heavy atom. The van der Waals surface area contributed by atoms with E-state index in [1.807, 2.05) is 17.0 Å². The molecule has 2 amide bonds. The van der Waals surface area contributed by atoms with Gasteiger partial charge >= 0.3 is 6.09 Å². The van der Waals surface area contributed by atoms with Crippen molar-refractivity contribution in [2.24, 2.45) is 0 Å². The summed E-state index contributed by atoms with van der Waals surface area (Å²) in [5, 5.41) is 4.34. The highest BCUT2D eigenvalue weighted by Gasteiger charge is 2.32. The summed E-state index contributed by atoms with van der Waals surface area (Å²) in [7, 11) is 1.69. The Labute approximate surface area is 225 Å². The van der Waals surface area contributed by atoms with Gasteiger partial charge in [0.25, 0.3) is 0 Å². The monoisotopic (exact) mass is 537 g/mol. The van der Waals surface area contributed by atoms with E-state index in [1.165, 1.54) is 17.1 Å². The van der Waals surface area contributed by atoms with Gasteiger partial charge in [0.2, 0.25) is 11.8 Å². The third-order valence-corrected chi connectivity index (χ3v) is 7.73. The lowest BCUT2D eigenvalue weighted by atomic mass is 9.98. The first-order valence-corrected chi connectivity index (χ1v) is 13.6. The smallest absolute Gasteiger partial charge is 0.410 e. The predicted octanol–water partition coefficient (Wildman–Crippen LogP) is 3.13. The lowest BCUT2D eigenvalue weighted by Gasteiger charge is -2.35. The lowest BCUT2D eigenvalue weighted by Crippen LogP contribution is -2.50. The van der Waals surface area contributed by atoms with Gasteiger partial charge in [-0.05, 0) is 37.8 Å². The van der Waals surface area contributed by atoms with Crippen LogP contribution in [-0.2, 0) is 9.53 Å². The molecule has 2 saturated heterocycles. The zero-order chi connectivity index (χ0) is 26.9. The van der Waals surface area contributed by atoms with Crippen LogP contribution in [0, 0.1) is 5.82 Å². The van der Waals surface area contributed by atoms with Gasteiger partial charge in [0, 0.05) is 45.0 Å². The molecule has 0 unspecified atom stereocenters. The highest BCUT2D eigenvalue weighted by Crippen LogP contribution is 2.34. The summed E-state index contributed by atoms with van der Waals surface area (Å²) in [6, 6.07) is 3.77. The number of rotatable bonds is 5. The Kier molecular flexibility index (Phi) is 6.92. The second-order valence-electron chi connectivity index (χ2n) is 10.4. The van der Waals surface area contributed by atoms with Crippen molar-refractivity contribution in [1.29, 1.82) is 0 Å². The summed E-state index contributed by atoms with van der Waals surface area (Å²) >= 11 is 0. The summed E-state index contributed by atoms with van der Waals surface area (Å²) in [6.45, 7) is 1.90. The number of likely N-dealkylation sites (N-methyl/N-ethyl adjacent to an activating group) is 1. The van der Waals surface area contributed by atoms with Crippen molar-refractivity contribution >= 4 is 23.5 Å². The van der Waals surface area contributed by atoms with Gasteiger partial charge in [-0.3, -0.25) is 4.79 Å². The van der Waals surface area contributed by atoms with E-state index in [2.05, 4.69) is 15.1 Å². The van der Waals surface area contributed by atoms with E-state index in [0.29, 0.717) is 49.8 Å². The van der Waals surface area contributed by atoms with Gasteiger partial charge in [0.05, 0.1) is 30.9 Å². The standard InChI is InChI=1S/C27H32FN7O4/c1-32-16-19(14-23(32)36)39-27(37)34-12-10-33(11-13-34)25-22(28)17-35-24(31-25)21(15-30-35)20-8-5-9-29-26(20)38-18-6-3-2-4-7-18/h5,8-9,15,17-19H,2-4,6-7,10-14,16H2,1H3/t19-/m0/s1. The van der Waals surface area contributed by atoms with Crippen LogP contribution in [0.3, 0.4) is 0 Å². The Hall–Kier alpha value is -3.96. The molecule has 3 fully saturated rings.